The molecule has 0 unspecified atom stereocenters. The standard InChI is InChI=1S/C22H21N3O4/c1-15(16-7-3-2-4-8-16)25-13-18(11-21(25)27)22(28)29-14-20(26)24-19-10-6-5-9-17(19)12-23/h2-10,15,18H,11,13-14H2,1H3,(H,24,26)/t15-,18+/m1/s1. The summed E-state index contributed by atoms with van der Waals surface area (Å²) in [6.07, 6.45) is 0.0644. The monoisotopic (exact) mass is 391 g/mol. The van der Waals surface area contributed by atoms with E-state index in [0.29, 0.717) is 11.3 Å². The van der Waals surface area contributed by atoms with Crippen LogP contribution in [0.2, 0.25) is 0 Å². The Labute approximate surface area is 168 Å². The fraction of sp³-hybridized carbons (Fsp3) is 0.273. The minimum absolute atomic E-state index is 0.0644. The lowest BCUT2D eigenvalue weighted by atomic mass is 10.1. The van der Waals surface area contributed by atoms with Crippen molar-refractivity contribution in [2.75, 3.05) is 18.5 Å². The minimum Gasteiger partial charge on any atom is -0.455 e. The van der Waals surface area contributed by atoms with Crippen LogP contribution in [-0.4, -0.2) is 35.8 Å². The van der Waals surface area contributed by atoms with Crippen LogP contribution in [0, 0.1) is 17.2 Å². The van der Waals surface area contributed by atoms with Crippen molar-refractivity contribution in [3.63, 3.8) is 0 Å². The maximum absolute atomic E-state index is 12.4. The number of nitriles is 1. The van der Waals surface area contributed by atoms with Crippen molar-refractivity contribution in [1.82, 2.24) is 4.90 Å². The number of rotatable bonds is 6. The number of para-hydroxylation sites is 1. The fourth-order valence-corrected chi connectivity index (χ4v) is 3.31. The van der Waals surface area contributed by atoms with E-state index in [1.54, 1.807) is 29.2 Å². The fourth-order valence-electron chi connectivity index (χ4n) is 3.31. The smallest absolute Gasteiger partial charge is 0.311 e. The Morgan fingerprint density at radius 1 is 1.21 bits per heavy atom. The van der Waals surface area contributed by atoms with Gasteiger partial charge < -0.3 is 15.0 Å². The first-order valence-electron chi connectivity index (χ1n) is 9.29. The second kappa shape index (κ2) is 9.02. The molecule has 148 valence electrons. The maximum Gasteiger partial charge on any atom is 0.311 e. The minimum atomic E-state index is -0.604. The molecular weight excluding hydrogens is 370 g/mol. The average molecular weight is 391 g/mol. The van der Waals surface area contributed by atoms with E-state index in [1.165, 1.54) is 0 Å². The highest BCUT2D eigenvalue weighted by Crippen LogP contribution is 2.29. The van der Waals surface area contributed by atoms with Crippen LogP contribution in [0.1, 0.15) is 30.5 Å². The van der Waals surface area contributed by atoms with Gasteiger partial charge in [0.05, 0.1) is 23.2 Å². The zero-order chi connectivity index (χ0) is 20.8. The summed E-state index contributed by atoms with van der Waals surface area (Å²) < 4.78 is 5.10. The van der Waals surface area contributed by atoms with Crippen LogP contribution in [0.5, 0.6) is 0 Å². The number of ether oxygens (including phenoxy) is 1. The Bertz CT molecular complexity index is 952. The summed E-state index contributed by atoms with van der Waals surface area (Å²) in [5.41, 5.74) is 1.67. The molecule has 7 nitrogen and oxygen atoms in total. The molecule has 0 radical (unpaired) electrons. The first-order valence-corrected chi connectivity index (χ1v) is 9.29. The van der Waals surface area contributed by atoms with E-state index >= 15 is 0 Å². The first-order chi connectivity index (χ1) is 14.0. The van der Waals surface area contributed by atoms with Crippen molar-refractivity contribution >= 4 is 23.5 Å². The predicted molar refractivity (Wildman–Crippen MR) is 105 cm³/mol. The van der Waals surface area contributed by atoms with Gasteiger partial charge in [0, 0.05) is 13.0 Å². The number of anilines is 1. The second-order valence-electron chi connectivity index (χ2n) is 6.85. The molecule has 0 aliphatic carbocycles. The van der Waals surface area contributed by atoms with Crippen molar-refractivity contribution in [1.29, 1.82) is 5.26 Å². The van der Waals surface area contributed by atoms with Crippen molar-refractivity contribution in [2.45, 2.75) is 19.4 Å². The van der Waals surface area contributed by atoms with Gasteiger partial charge >= 0.3 is 5.97 Å². The number of amides is 2. The number of likely N-dealkylation sites (tertiary alicyclic amines) is 1. The quantitative estimate of drug-likeness (QED) is 0.763. The van der Waals surface area contributed by atoms with Crippen LogP contribution in [0.25, 0.3) is 0 Å². The van der Waals surface area contributed by atoms with E-state index in [1.807, 2.05) is 43.3 Å². The SMILES string of the molecule is C[C@H](c1ccccc1)N1C[C@@H](C(=O)OCC(=O)Nc2ccccc2C#N)CC1=O. The van der Waals surface area contributed by atoms with Crippen LogP contribution in [0.4, 0.5) is 5.69 Å². The lowest BCUT2D eigenvalue weighted by molar-refractivity contribution is -0.151. The van der Waals surface area contributed by atoms with Crippen molar-refractivity contribution in [3.8, 4) is 6.07 Å². The molecule has 1 aliphatic rings. The number of hydrogen-bond acceptors (Lipinski definition) is 5. The topological polar surface area (TPSA) is 99.5 Å². The Hall–Kier alpha value is -3.66. The number of nitrogens with one attached hydrogen (secondary N) is 1. The third-order valence-electron chi connectivity index (χ3n) is 4.91. The van der Waals surface area contributed by atoms with Crippen LogP contribution in [-0.2, 0) is 19.1 Å². The van der Waals surface area contributed by atoms with Gasteiger partial charge in [0.2, 0.25) is 5.91 Å². The van der Waals surface area contributed by atoms with Crippen molar-refractivity contribution in [3.05, 3.63) is 65.7 Å². The molecule has 1 N–H and O–H groups in total. The second-order valence-corrected chi connectivity index (χ2v) is 6.85. The molecule has 1 heterocycles. The molecule has 0 aromatic heterocycles. The molecule has 1 fully saturated rings. The van der Waals surface area contributed by atoms with Crippen LogP contribution < -0.4 is 5.32 Å². The first kappa shape index (κ1) is 20.1. The molecule has 1 saturated heterocycles. The number of benzene rings is 2. The number of carbonyl (C=O) groups excluding carboxylic acids is 3. The molecule has 29 heavy (non-hydrogen) atoms. The molecule has 2 aromatic carbocycles. The molecule has 0 saturated carbocycles. The molecule has 3 rings (SSSR count). The summed E-state index contributed by atoms with van der Waals surface area (Å²) in [4.78, 5) is 38.4. The Kier molecular flexibility index (Phi) is 6.25. The lowest BCUT2D eigenvalue weighted by Crippen LogP contribution is -2.30. The summed E-state index contributed by atoms with van der Waals surface area (Å²) in [5.74, 6) is -1.84. The van der Waals surface area contributed by atoms with E-state index in [2.05, 4.69) is 5.32 Å². The number of carbonyl (C=O) groups is 3. The van der Waals surface area contributed by atoms with Gasteiger partial charge in [-0.1, -0.05) is 42.5 Å². The molecule has 7 heteroatoms. The summed E-state index contributed by atoms with van der Waals surface area (Å²) >= 11 is 0. The van der Waals surface area contributed by atoms with E-state index < -0.39 is 24.4 Å². The molecule has 0 spiro atoms. The van der Waals surface area contributed by atoms with Crippen LogP contribution in [0.15, 0.2) is 54.6 Å². The zero-order valence-corrected chi connectivity index (χ0v) is 16.0. The molecule has 1 aliphatic heterocycles. The highest BCUT2D eigenvalue weighted by Gasteiger charge is 2.38. The van der Waals surface area contributed by atoms with E-state index in [-0.39, 0.29) is 24.9 Å². The molecule has 2 amide bonds. The Morgan fingerprint density at radius 2 is 1.90 bits per heavy atom. The van der Waals surface area contributed by atoms with Gasteiger partial charge in [-0.05, 0) is 24.6 Å². The zero-order valence-electron chi connectivity index (χ0n) is 16.0. The van der Waals surface area contributed by atoms with Crippen LogP contribution in [0.3, 0.4) is 0 Å². The summed E-state index contributed by atoms with van der Waals surface area (Å²) in [6, 6.07) is 18.0. The lowest BCUT2D eigenvalue weighted by Gasteiger charge is -2.25. The van der Waals surface area contributed by atoms with Gasteiger partial charge in [0.25, 0.3) is 5.91 Å². The normalized spacial score (nSPS) is 16.8. The molecule has 2 aromatic rings. The number of nitrogens with zero attached hydrogens (tertiary/aromatic N) is 2. The summed E-state index contributed by atoms with van der Waals surface area (Å²) in [6.45, 7) is 1.70. The summed E-state index contributed by atoms with van der Waals surface area (Å²) in [5, 5.41) is 11.6. The van der Waals surface area contributed by atoms with Gasteiger partial charge in [-0.25, -0.2) is 0 Å². The van der Waals surface area contributed by atoms with Crippen molar-refractivity contribution in [2.24, 2.45) is 5.92 Å². The summed E-state index contributed by atoms with van der Waals surface area (Å²) in [7, 11) is 0. The largest absolute Gasteiger partial charge is 0.455 e. The third kappa shape index (κ3) is 4.79. The Morgan fingerprint density at radius 3 is 2.62 bits per heavy atom. The Balaban J connectivity index is 1.53. The molecular formula is C22H21N3O4. The molecule has 2 atom stereocenters. The van der Waals surface area contributed by atoms with Gasteiger partial charge in [-0.15, -0.1) is 0 Å². The highest BCUT2D eigenvalue weighted by molar-refractivity contribution is 5.94. The van der Waals surface area contributed by atoms with E-state index in [9.17, 15) is 14.4 Å². The van der Waals surface area contributed by atoms with Gasteiger partial charge in [-0.2, -0.15) is 5.26 Å². The third-order valence-corrected chi connectivity index (χ3v) is 4.91. The van der Waals surface area contributed by atoms with Gasteiger partial charge in [-0.3, -0.25) is 14.4 Å². The van der Waals surface area contributed by atoms with E-state index in [4.69, 9.17) is 10.00 Å². The number of hydrogen-bond donors (Lipinski definition) is 1. The van der Waals surface area contributed by atoms with Gasteiger partial charge in [0.1, 0.15) is 6.07 Å². The van der Waals surface area contributed by atoms with Crippen molar-refractivity contribution < 1.29 is 19.1 Å². The van der Waals surface area contributed by atoms with Gasteiger partial charge in [0.15, 0.2) is 6.61 Å². The predicted octanol–water partition coefficient (Wildman–Crippen LogP) is 2.65. The number of esters is 1. The highest BCUT2D eigenvalue weighted by atomic mass is 16.5. The van der Waals surface area contributed by atoms with Crippen LogP contribution >= 0.6 is 0 Å². The molecule has 0 bridgehead atoms. The maximum atomic E-state index is 12.4. The average Bonchev–Trinajstić information content (AvgIpc) is 3.14. The van der Waals surface area contributed by atoms with E-state index in [0.717, 1.165) is 5.56 Å².